The van der Waals surface area contributed by atoms with E-state index in [1.54, 1.807) is 6.20 Å². The van der Waals surface area contributed by atoms with Crippen LogP contribution >= 0.6 is 0 Å². The van der Waals surface area contributed by atoms with Gasteiger partial charge in [-0.1, -0.05) is 29.6 Å². The molecular formula is C20H30N6O2. The van der Waals surface area contributed by atoms with Gasteiger partial charge in [-0.2, -0.15) is 0 Å². The van der Waals surface area contributed by atoms with Crippen molar-refractivity contribution in [2.24, 2.45) is 5.11 Å². The first-order valence-electron chi connectivity index (χ1n) is 10.1. The topological polar surface area (TPSA) is 97.9 Å². The lowest BCUT2D eigenvalue weighted by molar-refractivity contribution is 0.296. The summed E-state index contributed by atoms with van der Waals surface area (Å²) in [5, 5.41) is 11.3. The molecule has 1 aromatic heterocycles. The van der Waals surface area contributed by atoms with Crippen LogP contribution in [0, 0.1) is 0 Å². The van der Waals surface area contributed by atoms with Gasteiger partial charge in [-0.3, -0.25) is 4.68 Å². The molecule has 0 bridgehead atoms. The van der Waals surface area contributed by atoms with E-state index in [0.29, 0.717) is 13.2 Å². The minimum atomic E-state index is 0.585. The van der Waals surface area contributed by atoms with Gasteiger partial charge in [0, 0.05) is 24.2 Å². The standard InChI is InChI=1S/C20H30N6O2/c21-24-22-13-5-1-3-7-17-27-19-9-11-20(12-10-19)28-18-8-4-2-6-15-26-16-14-23-25-26/h9-12,14,16H,1-8,13,15,17-18H2. The molecule has 8 heteroatoms. The summed E-state index contributed by atoms with van der Waals surface area (Å²) in [6.07, 6.45) is 12.2. The van der Waals surface area contributed by atoms with Crippen molar-refractivity contribution in [3.8, 4) is 11.5 Å². The number of hydrogen-bond acceptors (Lipinski definition) is 5. The predicted octanol–water partition coefficient (Wildman–Crippen LogP) is 5.17. The minimum absolute atomic E-state index is 0.585. The Morgan fingerprint density at radius 1 is 0.857 bits per heavy atom. The molecule has 0 saturated heterocycles. The fraction of sp³-hybridized carbons (Fsp3) is 0.600. The van der Waals surface area contributed by atoms with E-state index in [2.05, 4.69) is 20.3 Å². The summed E-state index contributed by atoms with van der Waals surface area (Å²) in [5.74, 6) is 1.75. The summed E-state index contributed by atoms with van der Waals surface area (Å²) in [4.78, 5) is 2.75. The van der Waals surface area contributed by atoms with Crippen LogP contribution < -0.4 is 9.47 Å². The van der Waals surface area contributed by atoms with E-state index in [1.807, 2.05) is 35.1 Å². The Morgan fingerprint density at radius 3 is 2.04 bits per heavy atom. The monoisotopic (exact) mass is 386 g/mol. The number of ether oxygens (including phenoxy) is 2. The molecule has 0 aliphatic heterocycles. The molecule has 0 atom stereocenters. The van der Waals surface area contributed by atoms with Crippen molar-refractivity contribution in [2.45, 2.75) is 57.9 Å². The molecule has 0 spiro atoms. The van der Waals surface area contributed by atoms with Crippen molar-refractivity contribution in [1.29, 1.82) is 0 Å². The Hall–Kier alpha value is -2.73. The molecule has 0 aliphatic carbocycles. The summed E-state index contributed by atoms with van der Waals surface area (Å²) < 4.78 is 13.4. The van der Waals surface area contributed by atoms with Gasteiger partial charge in [0.1, 0.15) is 11.5 Å². The molecule has 0 unspecified atom stereocenters. The van der Waals surface area contributed by atoms with E-state index in [9.17, 15) is 0 Å². The lowest BCUT2D eigenvalue weighted by atomic mass is 10.2. The highest BCUT2D eigenvalue weighted by Gasteiger charge is 1.98. The smallest absolute Gasteiger partial charge is 0.119 e. The van der Waals surface area contributed by atoms with E-state index in [1.165, 1.54) is 6.42 Å². The van der Waals surface area contributed by atoms with Gasteiger partial charge in [-0.15, -0.1) is 5.10 Å². The zero-order valence-corrected chi connectivity index (χ0v) is 16.4. The Bertz CT molecular complexity index is 669. The van der Waals surface area contributed by atoms with Crippen LogP contribution in [-0.2, 0) is 6.54 Å². The van der Waals surface area contributed by atoms with Crippen LogP contribution in [0.25, 0.3) is 10.4 Å². The maximum absolute atomic E-state index is 8.20. The van der Waals surface area contributed by atoms with Crippen LogP contribution in [0.5, 0.6) is 11.5 Å². The second-order valence-corrected chi connectivity index (χ2v) is 6.62. The first kappa shape index (κ1) is 21.6. The van der Waals surface area contributed by atoms with Gasteiger partial charge in [0.05, 0.1) is 19.4 Å². The largest absolute Gasteiger partial charge is 0.494 e. The third-order valence-corrected chi connectivity index (χ3v) is 4.33. The molecule has 28 heavy (non-hydrogen) atoms. The van der Waals surface area contributed by atoms with Gasteiger partial charge >= 0.3 is 0 Å². The minimum Gasteiger partial charge on any atom is -0.494 e. The molecule has 0 saturated carbocycles. The second kappa shape index (κ2) is 14.3. The Balaban J connectivity index is 1.45. The quantitative estimate of drug-likeness (QED) is 0.172. The summed E-state index contributed by atoms with van der Waals surface area (Å²) in [6.45, 7) is 2.95. The summed E-state index contributed by atoms with van der Waals surface area (Å²) in [6, 6.07) is 7.82. The highest BCUT2D eigenvalue weighted by Crippen LogP contribution is 2.18. The number of aryl methyl sites for hydroxylation is 1. The third-order valence-electron chi connectivity index (χ3n) is 4.33. The van der Waals surface area contributed by atoms with E-state index in [4.69, 9.17) is 15.0 Å². The summed E-state index contributed by atoms with van der Waals surface area (Å²) in [5.41, 5.74) is 8.20. The lowest BCUT2D eigenvalue weighted by Gasteiger charge is -2.09. The van der Waals surface area contributed by atoms with E-state index in [0.717, 1.165) is 69.6 Å². The number of benzene rings is 1. The van der Waals surface area contributed by atoms with Crippen molar-refractivity contribution in [3.05, 3.63) is 47.1 Å². The number of azide groups is 1. The molecule has 0 amide bonds. The average molecular weight is 387 g/mol. The molecule has 2 aromatic rings. The first-order chi connectivity index (χ1) is 13.9. The summed E-state index contributed by atoms with van der Waals surface area (Å²) >= 11 is 0. The summed E-state index contributed by atoms with van der Waals surface area (Å²) in [7, 11) is 0. The molecule has 2 rings (SSSR count). The van der Waals surface area contributed by atoms with Crippen LogP contribution in [0.3, 0.4) is 0 Å². The van der Waals surface area contributed by atoms with Crippen molar-refractivity contribution >= 4 is 0 Å². The molecule has 0 N–H and O–H groups in total. The fourth-order valence-corrected chi connectivity index (χ4v) is 2.78. The van der Waals surface area contributed by atoms with Crippen molar-refractivity contribution in [3.63, 3.8) is 0 Å². The van der Waals surface area contributed by atoms with Gasteiger partial charge in [0.25, 0.3) is 0 Å². The second-order valence-electron chi connectivity index (χ2n) is 6.62. The van der Waals surface area contributed by atoms with Crippen LogP contribution in [0.4, 0.5) is 0 Å². The molecule has 8 nitrogen and oxygen atoms in total. The van der Waals surface area contributed by atoms with Crippen LogP contribution in [0.15, 0.2) is 41.8 Å². The zero-order chi connectivity index (χ0) is 19.7. The highest BCUT2D eigenvalue weighted by atomic mass is 16.5. The molecule has 1 heterocycles. The first-order valence-corrected chi connectivity index (χ1v) is 10.1. The number of nitrogens with zero attached hydrogens (tertiary/aromatic N) is 6. The Kier molecular flexibility index (Phi) is 11.0. The number of aromatic nitrogens is 3. The van der Waals surface area contributed by atoms with Gasteiger partial charge in [-0.25, -0.2) is 0 Å². The van der Waals surface area contributed by atoms with Gasteiger partial charge in [-0.05, 0) is 61.9 Å². The maximum atomic E-state index is 8.20. The molecule has 1 aromatic carbocycles. The zero-order valence-electron chi connectivity index (χ0n) is 16.4. The van der Waals surface area contributed by atoms with Crippen LogP contribution in [0.2, 0.25) is 0 Å². The van der Waals surface area contributed by atoms with E-state index >= 15 is 0 Å². The SMILES string of the molecule is [N-]=[N+]=NCCCCCCOc1ccc(OCCCCCCn2ccnn2)cc1. The van der Waals surface area contributed by atoms with Gasteiger partial charge < -0.3 is 9.47 Å². The number of unbranched alkanes of at least 4 members (excludes halogenated alkanes) is 6. The number of rotatable bonds is 16. The van der Waals surface area contributed by atoms with Gasteiger partial charge in [0.15, 0.2) is 0 Å². The fourth-order valence-electron chi connectivity index (χ4n) is 2.78. The van der Waals surface area contributed by atoms with Crippen LogP contribution in [0.1, 0.15) is 51.4 Å². The van der Waals surface area contributed by atoms with Crippen molar-refractivity contribution in [1.82, 2.24) is 15.0 Å². The number of hydrogen-bond donors (Lipinski definition) is 0. The lowest BCUT2D eigenvalue weighted by Crippen LogP contribution is -2.01. The van der Waals surface area contributed by atoms with Crippen LogP contribution in [-0.4, -0.2) is 34.8 Å². The van der Waals surface area contributed by atoms with E-state index < -0.39 is 0 Å². The highest BCUT2D eigenvalue weighted by molar-refractivity contribution is 5.31. The van der Waals surface area contributed by atoms with Gasteiger partial charge in [0.2, 0.25) is 0 Å². The normalized spacial score (nSPS) is 10.4. The Labute approximate surface area is 166 Å². The maximum Gasteiger partial charge on any atom is 0.119 e. The molecule has 0 radical (unpaired) electrons. The third kappa shape index (κ3) is 9.83. The van der Waals surface area contributed by atoms with Crippen molar-refractivity contribution in [2.75, 3.05) is 19.8 Å². The molecule has 0 aliphatic rings. The predicted molar refractivity (Wildman–Crippen MR) is 108 cm³/mol. The Morgan fingerprint density at radius 2 is 1.46 bits per heavy atom. The average Bonchev–Trinajstić information content (AvgIpc) is 3.24. The van der Waals surface area contributed by atoms with E-state index in [-0.39, 0.29) is 0 Å². The van der Waals surface area contributed by atoms with Crippen molar-refractivity contribution < 1.29 is 9.47 Å². The molecule has 0 fully saturated rings. The molecular weight excluding hydrogens is 356 g/mol. The molecule has 152 valence electrons.